The van der Waals surface area contributed by atoms with E-state index in [2.05, 4.69) is 11.8 Å². The first kappa shape index (κ1) is 13.9. The van der Waals surface area contributed by atoms with Crippen molar-refractivity contribution in [3.05, 3.63) is 0 Å². The van der Waals surface area contributed by atoms with Crippen LogP contribution in [0.4, 0.5) is 0 Å². The van der Waals surface area contributed by atoms with Crippen LogP contribution in [-0.2, 0) is 4.79 Å². The van der Waals surface area contributed by atoms with Gasteiger partial charge in [-0.05, 0) is 38.0 Å². The molecular formula is C15H28N2O. The molecule has 0 radical (unpaired) electrons. The second-order valence-electron chi connectivity index (χ2n) is 6.12. The lowest BCUT2D eigenvalue weighted by molar-refractivity contribution is -0.136. The highest BCUT2D eigenvalue weighted by atomic mass is 16.2. The molecule has 18 heavy (non-hydrogen) atoms. The van der Waals surface area contributed by atoms with Gasteiger partial charge < -0.3 is 10.6 Å². The van der Waals surface area contributed by atoms with E-state index in [9.17, 15) is 4.79 Å². The third-order valence-electron chi connectivity index (χ3n) is 4.37. The minimum absolute atomic E-state index is 0.218. The number of carbonyl (C=O) groups excluding carboxylic acids is 1. The second-order valence-corrected chi connectivity index (χ2v) is 6.12. The molecule has 0 bridgehead atoms. The Balaban J connectivity index is 1.95. The summed E-state index contributed by atoms with van der Waals surface area (Å²) in [6.07, 6.45) is 10.7. The number of nitrogens with two attached hydrogens (primary N) is 1. The number of hydrogen-bond donors (Lipinski definition) is 1. The zero-order valence-corrected chi connectivity index (χ0v) is 11.7. The summed E-state index contributed by atoms with van der Waals surface area (Å²) >= 11 is 0. The van der Waals surface area contributed by atoms with Gasteiger partial charge in [-0.25, -0.2) is 0 Å². The Kier molecular flexibility index (Phi) is 5.04. The first-order valence-electron chi connectivity index (χ1n) is 7.78. The molecule has 0 aromatic carbocycles. The monoisotopic (exact) mass is 252 g/mol. The maximum Gasteiger partial charge on any atom is 0.239 e. The van der Waals surface area contributed by atoms with Gasteiger partial charge in [-0.15, -0.1) is 0 Å². The average molecular weight is 252 g/mol. The van der Waals surface area contributed by atoms with E-state index < -0.39 is 0 Å². The highest BCUT2D eigenvalue weighted by Gasteiger charge is 2.33. The van der Waals surface area contributed by atoms with Crippen LogP contribution in [0.1, 0.15) is 64.7 Å². The fraction of sp³-hybridized carbons (Fsp3) is 0.933. The Hall–Kier alpha value is -0.570. The number of rotatable bonds is 6. The van der Waals surface area contributed by atoms with Crippen molar-refractivity contribution in [2.24, 2.45) is 11.7 Å². The molecular weight excluding hydrogens is 224 g/mol. The maximum atomic E-state index is 12.5. The number of nitrogens with zero attached hydrogens (tertiary/aromatic N) is 1. The zero-order valence-electron chi connectivity index (χ0n) is 11.7. The lowest BCUT2D eigenvalue weighted by Gasteiger charge is -2.36. The van der Waals surface area contributed by atoms with Crippen molar-refractivity contribution < 1.29 is 4.79 Å². The van der Waals surface area contributed by atoms with Crippen molar-refractivity contribution in [2.45, 2.75) is 76.8 Å². The van der Waals surface area contributed by atoms with E-state index in [1.54, 1.807) is 0 Å². The van der Waals surface area contributed by atoms with Crippen LogP contribution in [0.2, 0.25) is 0 Å². The predicted molar refractivity (Wildman–Crippen MR) is 74.2 cm³/mol. The third-order valence-corrected chi connectivity index (χ3v) is 4.37. The molecule has 2 N–H and O–H groups in total. The SMILES string of the molecule is CCCC(N)C(=O)N(CC1CC1)C1CCCCC1. The van der Waals surface area contributed by atoms with Crippen molar-refractivity contribution in [1.82, 2.24) is 4.90 Å². The van der Waals surface area contributed by atoms with E-state index in [-0.39, 0.29) is 11.9 Å². The Bertz CT molecular complexity index is 270. The molecule has 0 aromatic heterocycles. The van der Waals surface area contributed by atoms with E-state index >= 15 is 0 Å². The van der Waals surface area contributed by atoms with Crippen molar-refractivity contribution in [2.75, 3.05) is 6.54 Å². The first-order chi connectivity index (χ1) is 8.72. The van der Waals surface area contributed by atoms with Gasteiger partial charge >= 0.3 is 0 Å². The molecule has 2 fully saturated rings. The van der Waals surface area contributed by atoms with Crippen molar-refractivity contribution >= 4 is 5.91 Å². The highest BCUT2D eigenvalue weighted by molar-refractivity contribution is 5.82. The molecule has 0 aliphatic heterocycles. The molecule has 2 aliphatic carbocycles. The molecule has 0 aromatic rings. The van der Waals surface area contributed by atoms with Gasteiger partial charge in [0.05, 0.1) is 6.04 Å². The molecule has 2 aliphatic rings. The number of carbonyl (C=O) groups is 1. The van der Waals surface area contributed by atoms with Crippen LogP contribution in [0.3, 0.4) is 0 Å². The van der Waals surface area contributed by atoms with E-state index in [1.165, 1.54) is 44.9 Å². The fourth-order valence-corrected chi connectivity index (χ4v) is 3.04. The Morgan fingerprint density at radius 2 is 1.89 bits per heavy atom. The molecule has 1 unspecified atom stereocenters. The van der Waals surface area contributed by atoms with Crippen LogP contribution in [0, 0.1) is 5.92 Å². The van der Waals surface area contributed by atoms with Crippen molar-refractivity contribution in [3.8, 4) is 0 Å². The lowest BCUT2D eigenvalue weighted by Crippen LogP contribution is -2.50. The molecule has 2 rings (SSSR count). The maximum absolute atomic E-state index is 12.5. The van der Waals surface area contributed by atoms with Gasteiger partial charge in [0.1, 0.15) is 0 Å². The van der Waals surface area contributed by atoms with Gasteiger partial charge in [0, 0.05) is 12.6 Å². The van der Waals surface area contributed by atoms with E-state index in [0.29, 0.717) is 6.04 Å². The largest absolute Gasteiger partial charge is 0.338 e. The van der Waals surface area contributed by atoms with E-state index in [1.807, 2.05) is 0 Å². The fourth-order valence-electron chi connectivity index (χ4n) is 3.04. The van der Waals surface area contributed by atoms with Crippen LogP contribution >= 0.6 is 0 Å². The number of amides is 1. The van der Waals surface area contributed by atoms with Crippen LogP contribution in [0.15, 0.2) is 0 Å². The molecule has 104 valence electrons. The van der Waals surface area contributed by atoms with Crippen LogP contribution < -0.4 is 5.73 Å². The summed E-state index contributed by atoms with van der Waals surface area (Å²) < 4.78 is 0. The smallest absolute Gasteiger partial charge is 0.239 e. The second kappa shape index (κ2) is 6.55. The standard InChI is InChI=1S/C15H28N2O/c1-2-6-14(16)15(18)17(11-12-9-10-12)13-7-4-3-5-8-13/h12-14H,2-11,16H2,1H3. The predicted octanol–water partition coefficient (Wildman–Crippen LogP) is 2.69. The Morgan fingerprint density at radius 3 is 2.44 bits per heavy atom. The molecule has 1 atom stereocenters. The summed E-state index contributed by atoms with van der Waals surface area (Å²) in [5.74, 6) is 0.986. The highest BCUT2D eigenvalue weighted by Crippen LogP contribution is 2.33. The Morgan fingerprint density at radius 1 is 1.22 bits per heavy atom. The van der Waals surface area contributed by atoms with Gasteiger partial charge in [-0.2, -0.15) is 0 Å². The summed E-state index contributed by atoms with van der Waals surface area (Å²) in [5.41, 5.74) is 6.04. The first-order valence-corrected chi connectivity index (χ1v) is 7.78. The lowest BCUT2D eigenvalue weighted by atomic mass is 9.93. The van der Waals surface area contributed by atoms with Gasteiger partial charge in [0.2, 0.25) is 5.91 Å². The number of hydrogen-bond acceptors (Lipinski definition) is 2. The van der Waals surface area contributed by atoms with E-state index in [4.69, 9.17) is 5.73 Å². The van der Waals surface area contributed by atoms with Gasteiger partial charge in [0.15, 0.2) is 0 Å². The van der Waals surface area contributed by atoms with E-state index in [0.717, 1.165) is 25.3 Å². The molecule has 1 amide bonds. The molecule has 3 heteroatoms. The van der Waals surface area contributed by atoms with Crippen molar-refractivity contribution in [3.63, 3.8) is 0 Å². The molecule has 3 nitrogen and oxygen atoms in total. The minimum atomic E-state index is -0.268. The summed E-state index contributed by atoms with van der Waals surface area (Å²) in [6.45, 7) is 3.07. The van der Waals surface area contributed by atoms with Gasteiger partial charge in [0.25, 0.3) is 0 Å². The molecule has 2 saturated carbocycles. The van der Waals surface area contributed by atoms with Gasteiger partial charge in [-0.1, -0.05) is 32.6 Å². The summed E-state index contributed by atoms with van der Waals surface area (Å²) in [4.78, 5) is 14.6. The molecule has 0 saturated heterocycles. The zero-order chi connectivity index (χ0) is 13.0. The van der Waals surface area contributed by atoms with Gasteiger partial charge in [-0.3, -0.25) is 4.79 Å². The topological polar surface area (TPSA) is 46.3 Å². The Labute approximate surface area is 111 Å². The summed E-state index contributed by atoms with van der Waals surface area (Å²) in [7, 11) is 0. The average Bonchev–Trinajstić information content (AvgIpc) is 3.20. The van der Waals surface area contributed by atoms with Crippen molar-refractivity contribution in [1.29, 1.82) is 0 Å². The van der Waals surface area contributed by atoms with Crippen LogP contribution in [-0.4, -0.2) is 29.4 Å². The third kappa shape index (κ3) is 3.71. The molecule has 0 heterocycles. The summed E-state index contributed by atoms with van der Waals surface area (Å²) in [5, 5.41) is 0. The van der Waals surface area contributed by atoms with Crippen LogP contribution in [0.25, 0.3) is 0 Å². The summed E-state index contributed by atoms with van der Waals surface area (Å²) in [6, 6.07) is 0.213. The van der Waals surface area contributed by atoms with Crippen LogP contribution in [0.5, 0.6) is 0 Å². The minimum Gasteiger partial charge on any atom is -0.338 e. The molecule has 0 spiro atoms. The quantitative estimate of drug-likeness (QED) is 0.790. The normalized spacial score (nSPS) is 22.8.